The van der Waals surface area contributed by atoms with Gasteiger partial charge in [0.2, 0.25) is 0 Å². The second kappa shape index (κ2) is 3.76. The van der Waals surface area contributed by atoms with E-state index in [1.54, 1.807) is 19.2 Å². The number of rotatable bonds is 2. The molecule has 78 valence electrons. The van der Waals surface area contributed by atoms with E-state index in [1.807, 2.05) is 0 Å². The van der Waals surface area contributed by atoms with Crippen molar-refractivity contribution >= 4 is 0 Å². The number of hydrogen-bond donors (Lipinski definition) is 0. The van der Waals surface area contributed by atoms with Crippen molar-refractivity contribution in [3.63, 3.8) is 0 Å². The monoisotopic (exact) mass is 209 g/mol. The van der Waals surface area contributed by atoms with E-state index in [4.69, 9.17) is 0 Å². The SMILES string of the molecule is Cc1ccnn1-c1ncccc1C(F)F. The predicted octanol–water partition coefficient (Wildman–Crippen LogP) is 2.51. The van der Waals surface area contributed by atoms with Gasteiger partial charge in [-0.1, -0.05) is 0 Å². The van der Waals surface area contributed by atoms with Gasteiger partial charge in [0, 0.05) is 18.1 Å². The molecule has 5 heteroatoms. The minimum absolute atomic E-state index is 0.107. The van der Waals surface area contributed by atoms with Gasteiger partial charge in [0.25, 0.3) is 6.43 Å². The van der Waals surface area contributed by atoms with Crippen LogP contribution < -0.4 is 0 Å². The molecule has 0 atom stereocenters. The molecule has 0 amide bonds. The average Bonchev–Trinajstić information content (AvgIpc) is 2.64. The van der Waals surface area contributed by atoms with Crippen LogP contribution in [0.25, 0.3) is 5.82 Å². The molecule has 0 bridgehead atoms. The summed E-state index contributed by atoms with van der Waals surface area (Å²) in [4.78, 5) is 3.92. The van der Waals surface area contributed by atoms with Crippen LogP contribution in [0.4, 0.5) is 8.78 Å². The van der Waals surface area contributed by atoms with Gasteiger partial charge in [-0.15, -0.1) is 0 Å². The predicted molar refractivity (Wildman–Crippen MR) is 51.1 cm³/mol. The van der Waals surface area contributed by atoms with Crippen molar-refractivity contribution in [1.82, 2.24) is 14.8 Å². The number of pyridine rings is 1. The average molecular weight is 209 g/mol. The van der Waals surface area contributed by atoms with Crippen LogP contribution in [-0.2, 0) is 0 Å². The summed E-state index contributed by atoms with van der Waals surface area (Å²) in [6.07, 6.45) is 0.485. The van der Waals surface area contributed by atoms with Crippen LogP contribution in [0, 0.1) is 6.92 Å². The molecule has 0 saturated carbocycles. The Morgan fingerprint density at radius 3 is 2.67 bits per heavy atom. The maximum atomic E-state index is 12.7. The maximum absolute atomic E-state index is 12.7. The number of aromatic nitrogens is 3. The zero-order valence-electron chi connectivity index (χ0n) is 8.06. The summed E-state index contributed by atoms with van der Waals surface area (Å²) >= 11 is 0. The third kappa shape index (κ3) is 1.72. The molecular weight excluding hydrogens is 200 g/mol. The molecule has 0 aliphatic rings. The second-order valence-electron chi connectivity index (χ2n) is 3.10. The molecule has 0 N–H and O–H groups in total. The van der Waals surface area contributed by atoms with Crippen LogP contribution in [0.15, 0.2) is 30.6 Å². The molecule has 15 heavy (non-hydrogen) atoms. The molecule has 2 rings (SSSR count). The molecule has 0 spiro atoms. The van der Waals surface area contributed by atoms with Crippen molar-refractivity contribution in [3.05, 3.63) is 41.9 Å². The summed E-state index contributed by atoms with van der Waals surface area (Å²) in [5.41, 5.74) is 0.667. The van der Waals surface area contributed by atoms with E-state index < -0.39 is 6.43 Å². The normalized spacial score (nSPS) is 10.9. The van der Waals surface area contributed by atoms with Crippen molar-refractivity contribution < 1.29 is 8.78 Å². The van der Waals surface area contributed by atoms with Crippen LogP contribution in [0.3, 0.4) is 0 Å². The molecule has 0 aromatic carbocycles. The lowest BCUT2D eigenvalue weighted by Gasteiger charge is -2.08. The summed E-state index contributed by atoms with van der Waals surface area (Å²) in [6, 6.07) is 4.59. The molecule has 0 unspecified atom stereocenters. The fraction of sp³-hybridized carbons (Fsp3) is 0.200. The van der Waals surface area contributed by atoms with Crippen LogP contribution >= 0.6 is 0 Å². The zero-order chi connectivity index (χ0) is 10.8. The fourth-order valence-electron chi connectivity index (χ4n) is 1.35. The Kier molecular flexibility index (Phi) is 2.45. The van der Waals surface area contributed by atoms with Gasteiger partial charge in [0.1, 0.15) is 0 Å². The number of halogens is 2. The highest BCUT2D eigenvalue weighted by Gasteiger charge is 2.15. The maximum Gasteiger partial charge on any atom is 0.267 e. The minimum Gasteiger partial charge on any atom is -0.237 e. The minimum atomic E-state index is -2.54. The topological polar surface area (TPSA) is 30.7 Å². The summed E-state index contributed by atoms with van der Waals surface area (Å²) in [7, 11) is 0. The van der Waals surface area contributed by atoms with E-state index in [9.17, 15) is 8.78 Å². The van der Waals surface area contributed by atoms with E-state index >= 15 is 0 Å². The summed E-state index contributed by atoms with van der Waals surface area (Å²) in [5.74, 6) is 0.190. The second-order valence-corrected chi connectivity index (χ2v) is 3.10. The fourth-order valence-corrected chi connectivity index (χ4v) is 1.35. The van der Waals surface area contributed by atoms with Gasteiger partial charge in [-0.25, -0.2) is 18.4 Å². The Hall–Kier alpha value is -1.78. The molecule has 2 heterocycles. The first kappa shape index (κ1) is 9.76. The molecule has 0 fully saturated rings. The van der Waals surface area contributed by atoms with E-state index in [0.29, 0.717) is 0 Å². The third-order valence-corrected chi connectivity index (χ3v) is 2.08. The van der Waals surface area contributed by atoms with Crippen molar-refractivity contribution in [2.75, 3.05) is 0 Å². The quantitative estimate of drug-likeness (QED) is 0.760. The smallest absolute Gasteiger partial charge is 0.237 e. The molecule has 0 aliphatic carbocycles. The van der Waals surface area contributed by atoms with Crippen molar-refractivity contribution in [2.24, 2.45) is 0 Å². The van der Waals surface area contributed by atoms with Crippen LogP contribution in [0.1, 0.15) is 17.7 Å². The largest absolute Gasteiger partial charge is 0.267 e. The molecule has 0 saturated heterocycles. The first-order valence-electron chi connectivity index (χ1n) is 4.44. The van der Waals surface area contributed by atoms with E-state index in [2.05, 4.69) is 10.1 Å². The first-order chi connectivity index (χ1) is 7.20. The lowest BCUT2D eigenvalue weighted by atomic mass is 10.2. The standard InChI is InChI=1S/C10H9F2N3/c1-7-4-6-14-15(7)10-8(9(11)12)3-2-5-13-10/h2-6,9H,1H3. The summed E-state index contributed by atoms with van der Waals surface area (Å²) < 4.78 is 26.7. The van der Waals surface area contributed by atoms with Gasteiger partial charge in [-0.3, -0.25) is 0 Å². The van der Waals surface area contributed by atoms with Crippen LogP contribution in [-0.4, -0.2) is 14.8 Å². The Labute approximate surface area is 85.4 Å². The summed E-state index contributed by atoms with van der Waals surface area (Å²) in [5, 5.41) is 3.95. The number of nitrogens with zero attached hydrogens (tertiary/aromatic N) is 3. The Balaban J connectivity index is 2.58. The van der Waals surface area contributed by atoms with Gasteiger partial charge in [0.05, 0.1) is 5.56 Å². The number of hydrogen-bond acceptors (Lipinski definition) is 2. The van der Waals surface area contributed by atoms with Gasteiger partial charge in [-0.2, -0.15) is 5.10 Å². The lowest BCUT2D eigenvalue weighted by Crippen LogP contribution is -2.05. The molecule has 3 nitrogen and oxygen atoms in total. The zero-order valence-corrected chi connectivity index (χ0v) is 8.06. The van der Waals surface area contributed by atoms with Gasteiger partial charge >= 0.3 is 0 Å². The Morgan fingerprint density at radius 2 is 2.07 bits per heavy atom. The van der Waals surface area contributed by atoms with E-state index in [0.717, 1.165) is 5.69 Å². The number of alkyl halides is 2. The highest BCUT2D eigenvalue weighted by Crippen LogP contribution is 2.23. The number of aryl methyl sites for hydroxylation is 1. The van der Waals surface area contributed by atoms with E-state index in [-0.39, 0.29) is 11.4 Å². The molecular formula is C10H9F2N3. The van der Waals surface area contributed by atoms with Crippen LogP contribution in [0.2, 0.25) is 0 Å². The first-order valence-corrected chi connectivity index (χ1v) is 4.44. The highest BCUT2D eigenvalue weighted by atomic mass is 19.3. The Bertz CT molecular complexity index is 465. The Morgan fingerprint density at radius 1 is 1.27 bits per heavy atom. The van der Waals surface area contributed by atoms with Gasteiger partial charge in [-0.05, 0) is 25.1 Å². The van der Waals surface area contributed by atoms with Crippen molar-refractivity contribution in [2.45, 2.75) is 13.3 Å². The van der Waals surface area contributed by atoms with Gasteiger partial charge < -0.3 is 0 Å². The van der Waals surface area contributed by atoms with Crippen molar-refractivity contribution in [1.29, 1.82) is 0 Å². The third-order valence-electron chi connectivity index (χ3n) is 2.08. The van der Waals surface area contributed by atoms with E-state index in [1.165, 1.54) is 23.0 Å². The molecule has 2 aromatic rings. The van der Waals surface area contributed by atoms with Crippen molar-refractivity contribution in [3.8, 4) is 5.82 Å². The molecule has 0 radical (unpaired) electrons. The molecule has 2 aromatic heterocycles. The van der Waals surface area contributed by atoms with Gasteiger partial charge in [0.15, 0.2) is 5.82 Å². The summed E-state index contributed by atoms with van der Waals surface area (Å²) in [6.45, 7) is 1.79. The lowest BCUT2D eigenvalue weighted by molar-refractivity contribution is 0.150. The van der Waals surface area contributed by atoms with Crippen LogP contribution in [0.5, 0.6) is 0 Å². The molecule has 0 aliphatic heterocycles. The highest BCUT2D eigenvalue weighted by molar-refractivity contribution is 5.34.